The lowest BCUT2D eigenvalue weighted by Gasteiger charge is -2.18. The minimum Gasteiger partial charge on any atom is -0.478 e. The van der Waals surface area contributed by atoms with Crippen LogP contribution in [0, 0.1) is 0 Å². The lowest BCUT2D eigenvalue weighted by molar-refractivity contribution is -0.130. The van der Waals surface area contributed by atoms with Crippen molar-refractivity contribution in [3.05, 3.63) is 27.1 Å². The summed E-state index contributed by atoms with van der Waals surface area (Å²) in [5.74, 6) is -0.885. The zero-order valence-corrected chi connectivity index (χ0v) is 14.7. The lowest BCUT2D eigenvalue weighted by Crippen LogP contribution is -2.36. The zero-order valence-electron chi connectivity index (χ0n) is 13.9. The number of thiophene rings is 1. The molecule has 1 amide bonds. The van der Waals surface area contributed by atoms with Crippen LogP contribution in [-0.4, -0.2) is 58.2 Å². The van der Waals surface area contributed by atoms with Crippen molar-refractivity contribution in [1.29, 1.82) is 0 Å². The molecule has 0 atom stereocenters. The number of carboxylic acids is 1. The van der Waals surface area contributed by atoms with Crippen molar-refractivity contribution >= 4 is 33.4 Å². The van der Waals surface area contributed by atoms with Crippen LogP contribution in [0.1, 0.15) is 29.0 Å². The predicted octanol–water partition coefficient (Wildman–Crippen LogP) is 0.968. The molecule has 1 N–H and O–H groups in total. The molecule has 8 nitrogen and oxygen atoms in total. The van der Waals surface area contributed by atoms with Gasteiger partial charge in [-0.25, -0.2) is 9.78 Å². The van der Waals surface area contributed by atoms with Crippen LogP contribution in [0.5, 0.6) is 0 Å². The van der Waals surface area contributed by atoms with Gasteiger partial charge in [-0.1, -0.05) is 0 Å². The molecule has 2 aromatic rings. The van der Waals surface area contributed by atoms with E-state index in [1.165, 1.54) is 9.95 Å². The molecule has 0 bridgehead atoms. The van der Waals surface area contributed by atoms with Gasteiger partial charge in [0.25, 0.3) is 5.56 Å². The minimum absolute atomic E-state index is 0.0629. The van der Waals surface area contributed by atoms with E-state index < -0.39 is 11.5 Å². The van der Waals surface area contributed by atoms with Crippen LogP contribution in [-0.2, 0) is 22.5 Å². The summed E-state index contributed by atoms with van der Waals surface area (Å²) in [6.45, 7) is 1.60. The van der Waals surface area contributed by atoms with E-state index in [-0.39, 0.29) is 23.4 Å². The maximum absolute atomic E-state index is 12.9. The molecule has 0 radical (unpaired) electrons. The fraction of sp³-hybridized carbons (Fsp3) is 0.500. The number of carboxylic acid groups (broad SMARTS) is 1. The Hall–Kier alpha value is -2.26. The normalized spacial score (nSPS) is 14.4. The van der Waals surface area contributed by atoms with Crippen LogP contribution in [0.2, 0.25) is 0 Å². The van der Waals surface area contributed by atoms with E-state index in [2.05, 4.69) is 4.98 Å². The van der Waals surface area contributed by atoms with Crippen LogP contribution in [0.3, 0.4) is 0 Å². The molecule has 9 heteroatoms. The second-order valence-corrected chi connectivity index (χ2v) is 6.74. The van der Waals surface area contributed by atoms with E-state index in [1.807, 2.05) is 0 Å². The Morgan fingerprint density at radius 3 is 2.72 bits per heavy atom. The Morgan fingerprint density at radius 2 is 2.08 bits per heavy atom. The molecule has 2 aromatic heterocycles. The Balaban J connectivity index is 2.06. The topological polar surface area (TPSA) is 102 Å². The van der Waals surface area contributed by atoms with E-state index >= 15 is 0 Å². The summed E-state index contributed by atoms with van der Waals surface area (Å²) in [7, 11) is 1.55. The highest BCUT2D eigenvalue weighted by Crippen LogP contribution is 2.22. The second kappa shape index (κ2) is 7.32. The molecule has 134 valence electrons. The number of fused-ring (bicyclic) bond motifs is 1. The molecular formula is C16H19N3O5S. The molecule has 0 unspecified atom stereocenters. The number of hydrogen-bond acceptors (Lipinski definition) is 6. The van der Waals surface area contributed by atoms with Crippen LogP contribution < -0.4 is 5.56 Å². The SMILES string of the molecule is COCCc1nc2scc(C(=O)O)c2c(=O)n1CC(=O)N1CCCC1. The number of amides is 1. The number of ether oxygens (including phenoxy) is 1. The van der Waals surface area contributed by atoms with Gasteiger partial charge in [-0.15, -0.1) is 11.3 Å². The van der Waals surface area contributed by atoms with Gasteiger partial charge in [0.1, 0.15) is 17.2 Å². The number of rotatable bonds is 6. The van der Waals surface area contributed by atoms with E-state index in [9.17, 15) is 19.5 Å². The maximum Gasteiger partial charge on any atom is 0.337 e. The first-order chi connectivity index (χ1) is 12.0. The van der Waals surface area contributed by atoms with E-state index in [4.69, 9.17) is 4.74 Å². The monoisotopic (exact) mass is 365 g/mol. The van der Waals surface area contributed by atoms with Gasteiger partial charge in [0.05, 0.1) is 17.6 Å². The standard InChI is InChI=1S/C16H19N3O5S/c1-24-7-4-11-17-14-13(10(9-25-14)16(22)23)15(21)19(11)8-12(20)18-5-2-3-6-18/h9H,2-8H2,1H3,(H,22,23). The molecule has 0 saturated carbocycles. The Labute approximate surface area is 147 Å². The van der Waals surface area contributed by atoms with Crippen molar-refractivity contribution in [2.45, 2.75) is 25.8 Å². The van der Waals surface area contributed by atoms with Crippen molar-refractivity contribution < 1.29 is 19.4 Å². The molecule has 1 saturated heterocycles. The molecule has 3 heterocycles. The first-order valence-electron chi connectivity index (χ1n) is 8.04. The molecule has 0 aromatic carbocycles. The quantitative estimate of drug-likeness (QED) is 0.818. The van der Waals surface area contributed by atoms with Crippen LogP contribution in [0.25, 0.3) is 10.2 Å². The summed E-state index contributed by atoms with van der Waals surface area (Å²) in [6, 6.07) is 0. The van der Waals surface area contributed by atoms with Gasteiger partial charge in [0.15, 0.2) is 0 Å². The van der Waals surface area contributed by atoms with Gasteiger partial charge < -0.3 is 14.7 Å². The smallest absolute Gasteiger partial charge is 0.337 e. The maximum atomic E-state index is 12.9. The Kier molecular flexibility index (Phi) is 5.14. The van der Waals surface area contributed by atoms with Crippen molar-refractivity contribution in [2.75, 3.05) is 26.8 Å². The van der Waals surface area contributed by atoms with E-state index in [1.54, 1.807) is 12.0 Å². The van der Waals surface area contributed by atoms with E-state index in [0.29, 0.717) is 36.8 Å². The third-order valence-electron chi connectivity index (χ3n) is 4.29. The molecule has 25 heavy (non-hydrogen) atoms. The zero-order chi connectivity index (χ0) is 18.0. The van der Waals surface area contributed by atoms with Crippen LogP contribution in [0.4, 0.5) is 0 Å². The number of aromatic nitrogens is 2. The molecular weight excluding hydrogens is 346 g/mol. The number of likely N-dealkylation sites (tertiary alicyclic amines) is 1. The van der Waals surface area contributed by atoms with Gasteiger partial charge in [0.2, 0.25) is 5.91 Å². The van der Waals surface area contributed by atoms with Crippen molar-refractivity contribution in [3.63, 3.8) is 0 Å². The van der Waals surface area contributed by atoms with Crippen LogP contribution in [0.15, 0.2) is 10.2 Å². The van der Waals surface area contributed by atoms with Crippen molar-refractivity contribution in [2.24, 2.45) is 0 Å². The number of aromatic carboxylic acids is 1. The first kappa shape index (κ1) is 17.6. The molecule has 1 fully saturated rings. The molecule has 0 aliphatic carbocycles. The summed E-state index contributed by atoms with van der Waals surface area (Å²) in [4.78, 5) is 43.3. The fourth-order valence-electron chi connectivity index (χ4n) is 2.97. The fourth-order valence-corrected chi connectivity index (χ4v) is 3.89. The first-order valence-corrected chi connectivity index (χ1v) is 8.91. The predicted molar refractivity (Wildman–Crippen MR) is 92.2 cm³/mol. The summed E-state index contributed by atoms with van der Waals surface area (Å²) in [5.41, 5.74) is -0.555. The third kappa shape index (κ3) is 3.42. The molecule has 3 rings (SSSR count). The van der Waals surface area contributed by atoms with Gasteiger partial charge in [-0.2, -0.15) is 0 Å². The summed E-state index contributed by atoms with van der Waals surface area (Å²) >= 11 is 1.12. The van der Waals surface area contributed by atoms with Gasteiger partial charge in [-0.05, 0) is 12.8 Å². The number of hydrogen-bond donors (Lipinski definition) is 1. The molecule has 0 spiro atoms. The molecule has 1 aliphatic rings. The number of methoxy groups -OCH3 is 1. The summed E-state index contributed by atoms with van der Waals surface area (Å²) < 4.78 is 6.35. The number of nitrogens with zero attached hydrogens (tertiary/aromatic N) is 3. The van der Waals surface area contributed by atoms with Gasteiger partial charge in [-0.3, -0.25) is 14.2 Å². The van der Waals surface area contributed by atoms with Crippen molar-refractivity contribution in [1.82, 2.24) is 14.5 Å². The molecule has 1 aliphatic heterocycles. The average molecular weight is 365 g/mol. The van der Waals surface area contributed by atoms with E-state index in [0.717, 1.165) is 24.2 Å². The average Bonchev–Trinajstić information content (AvgIpc) is 3.24. The minimum atomic E-state index is -1.17. The highest BCUT2D eigenvalue weighted by atomic mass is 32.1. The lowest BCUT2D eigenvalue weighted by atomic mass is 10.2. The van der Waals surface area contributed by atoms with Gasteiger partial charge >= 0.3 is 5.97 Å². The highest BCUT2D eigenvalue weighted by molar-refractivity contribution is 7.17. The summed E-state index contributed by atoms with van der Waals surface area (Å²) in [6.07, 6.45) is 2.29. The van der Waals surface area contributed by atoms with Crippen molar-refractivity contribution in [3.8, 4) is 0 Å². The summed E-state index contributed by atoms with van der Waals surface area (Å²) in [5, 5.41) is 10.8. The second-order valence-electron chi connectivity index (χ2n) is 5.88. The van der Waals surface area contributed by atoms with Crippen LogP contribution >= 0.6 is 11.3 Å². The largest absolute Gasteiger partial charge is 0.478 e. The third-order valence-corrected chi connectivity index (χ3v) is 5.16. The number of carbonyl (C=O) groups excluding carboxylic acids is 1. The number of carbonyl (C=O) groups is 2. The highest BCUT2D eigenvalue weighted by Gasteiger charge is 2.23. The Bertz CT molecular complexity index is 867. The van der Waals surface area contributed by atoms with Gasteiger partial charge in [0, 0.05) is 32.0 Å². The Morgan fingerprint density at radius 1 is 1.36 bits per heavy atom.